The molecule has 1 N–H and O–H groups in total. The number of piperidine rings is 2. The summed E-state index contributed by atoms with van der Waals surface area (Å²) in [6, 6.07) is 0. The molecule has 0 aromatic carbocycles. The Morgan fingerprint density at radius 3 is 2.59 bits per heavy atom. The number of carbonyl (C=O) groups excluding carboxylic acids is 1. The second kappa shape index (κ2) is 4.81. The Bertz CT molecular complexity index is 314. The summed E-state index contributed by atoms with van der Waals surface area (Å²) in [5, 5.41) is 3.48. The topological polar surface area (TPSA) is 32.3 Å². The first kappa shape index (κ1) is 11.3. The number of nitrogens with zero attached hydrogens (tertiary/aromatic N) is 1. The molecule has 2 fully saturated rings. The fourth-order valence-electron chi connectivity index (χ4n) is 3.56. The number of allylic oxidation sites excluding steroid dienone is 2. The average molecular weight is 234 g/mol. The van der Waals surface area contributed by atoms with Crippen LogP contribution < -0.4 is 5.32 Å². The van der Waals surface area contributed by atoms with E-state index in [1.165, 1.54) is 6.42 Å². The van der Waals surface area contributed by atoms with Crippen LogP contribution in [0.3, 0.4) is 0 Å². The van der Waals surface area contributed by atoms with Crippen molar-refractivity contribution in [1.29, 1.82) is 0 Å². The molecule has 0 aromatic rings. The lowest BCUT2D eigenvalue weighted by Crippen LogP contribution is -2.53. The van der Waals surface area contributed by atoms with Crippen LogP contribution >= 0.6 is 0 Å². The van der Waals surface area contributed by atoms with Gasteiger partial charge in [-0.15, -0.1) is 0 Å². The molecule has 2 heterocycles. The van der Waals surface area contributed by atoms with Gasteiger partial charge in [-0.2, -0.15) is 0 Å². The zero-order valence-electron chi connectivity index (χ0n) is 10.4. The van der Waals surface area contributed by atoms with Crippen LogP contribution in [-0.4, -0.2) is 37.0 Å². The van der Waals surface area contributed by atoms with Crippen LogP contribution in [-0.2, 0) is 4.79 Å². The number of likely N-dealkylation sites (tertiary alicyclic amines) is 1. The molecule has 2 saturated heterocycles. The number of hydrogen-bond donors (Lipinski definition) is 1. The van der Waals surface area contributed by atoms with Gasteiger partial charge in [0.25, 0.3) is 0 Å². The van der Waals surface area contributed by atoms with Crippen LogP contribution in [0.5, 0.6) is 0 Å². The molecule has 3 rings (SSSR count). The Morgan fingerprint density at radius 2 is 1.94 bits per heavy atom. The molecule has 0 spiro atoms. The number of carbonyl (C=O) groups is 1. The highest BCUT2D eigenvalue weighted by Crippen LogP contribution is 2.28. The van der Waals surface area contributed by atoms with Gasteiger partial charge >= 0.3 is 0 Å². The van der Waals surface area contributed by atoms with Crippen molar-refractivity contribution < 1.29 is 4.79 Å². The van der Waals surface area contributed by atoms with Crippen LogP contribution in [0.1, 0.15) is 25.7 Å². The Morgan fingerprint density at radius 1 is 1.18 bits per heavy atom. The highest BCUT2D eigenvalue weighted by atomic mass is 16.2. The molecular formula is C14H22N2O. The maximum Gasteiger partial charge on any atom is 0.226 e. The predicted octanol–water partition coefficient (Wildman–Crippen LogP) is 1.41. The zero-order valence-corrected chi connectivity index (χ0v) is 10.4. The summed E-state index contributed by atoms with van der Waals surface area (Å²) >= 11 is 0. The van der Waals surface area contributed by atoms with E-state index >= 15 is 0 Å². The standard InChI is InChI=1S/C14H22N2O/c17-14(13-4-2-1-3-5-13)16-9-11-6-12(10-16)8-15-7-11/h1-2,11-13,15H,3-10H2. The van der Waals surface area contributed by atoms with E-state index < -0.39 is 0 Å². The highest BCUT2D eigenvalue weighted by Gasteiger charge is 2.34. The van der Waals surface area contributed by atoms with Crippen LogP contribution in [0.4, 0.5) is 0 Å². The van der Waals surface area contributed by atoms with Gasteiger partial charge < -0.3 is 10.2 Å². The average Bonchev–Trinajstić information content (AvgIpc) is 2.38. The fourth-order valence-corrected chi connectivity index (χ4v) is 3.56. The third-order valence-electron chi connectivity index (χ3n) is 4.42. The molecule has 94 valence electrons. The maximum atomic E-state index is 12.5. The van der Waals surface area contributed by atoms with E-state index in [1.54, 1.807) is 0 Å². The van der Waals surface area contributed by atoms with Crippen molar-refractivity contribution in [3.8, 4) is 0 Å². The summed E-state index contributed by atoms with van der Waals surface area (Å²) in [6.45, 7) is 4.18. The Kier molecular flexibility index (Phi) is 3.19. The SMILES string of the molecule is O=C(C1CC=CCC1)N1CC2CNCC(C2)C1. The van der Waals surface area contributed by atoms with Gasteiger partial charge in [-0.05, 0) is 50.6 Å². The molecule has 17 heavy (non-hydrogen) atoms. The van der Waals surface area contributed by atoms with Crippen molar-refractivity contribution in [3.63, 3.8) is 0 Å². The Balaban J connectivity index is 1.63. The minimum absolute atomic E-state index is 0.270. The first-order valence-corrected chi connectivity index (χ1v) is 6.97. The van der Waals surface area contributed by atoms with E-state index in [0.717, 1.165) is 45.4 Å². The number of fused-ring (bicyclic) bond motifs is 2. The molecule has 2 bridgehead atoms. The first-order valence-electron chi connectivity index (χ1n) is 6.97. The lowest BCUT2D eigenvalue weighted by Gasteiger charge is -2.42. The summed E-state index contributed by atoms with van der Waals surface area (Å²) in [5.41, 5.74) is 0. The van der Waals surface area contributed by atoms with Crippen LogP contribution in [0.15, 0.2) is 12.2 Å². The van der Waals surface area contributed by atoms with Gasteiger partial charge in [-0.1, -0.05) is 12.2 Å². The highest BCUT2D eigenvalue weighted by molar-refractivity contribution is 5.79. The number of nitrogens with one attached hydrogen (secondary N) is 1. The van der Waals surface area contributed by atoms with Crippen molar-refractivity contribution in [2.75, 3.05) is 26.2 Å². The van der Waals surface area contributed by atoms with Gasteiger partial charge in [0.2, 0.25) is 5.91 Å². The van der Waals surface area contributed by atoms with Crippen molar-refractivity contribution >= 4 is 5.91 Å². The summed E-state index contributed by atoms with van der Waals surface area (Å²) < 4.78 is 0. The van der Waals surface area contributed by atoms with Crippen molar-refractivity contribution in [3.05, 3.63) is 12.2 Å². The van der Waals surface area contributed by atoms with Crippen LogP contribution in [0.25, 0.3) is 0 Å². The van der Waals surface area contributed by atoms with Gasteiger partial charge in [0, 0.05) is 19.0 Å². The molecule has 0 saturated carbocycles. The summed E-state index contributed by atoms with van der Waals surface area (Å²) in [7, 11) is 0. The van der Waals surface area contributed by atoms with Gasteiger partial charge in [-0.3, -0.25) is 4.79 Å². The van der Waals surface area contributed by atoms with E-state index in [4.69, 9.17) is 0 Å². The molecule has 0 aromatic heterocycles. The van der Waals surface area contributed by atoms with E-state index in [-0.39, 0.29) is 5.92 Å². The molecule has 3 nitrogen and oxygen atoms in total. The second-order valence-corrected chi connectivity index (χ2v) is 5.85. The van der Waals surface area contributed by atoms with Crippen molar-refractivity contribution in [1.82, 2.24) is 10.2 Å². The van der Waals surface area contributed by atoms with Gasteiger partial charge in [0.15, 0.2) is 0 Å². The number of amides is 1. The largest absolute Gasteiger partial charge is 0.342 e. The minimum atomic E-state index is 0.270. The van der Waals surface area contributed by atoms with Crippen LogP contribution in [0.2, 0.25) is 0 Å². The Labute approximate surface area is 103 Å². The molecule has 2 aliphatic heterocycles. The zero-order chi connectivity index (χ0) is 11.7. The third-order valence-corrected chi connectivity index (χ3v) is 4.42. The summed E-state index contributed by atoms with van der Waals surface area (Å²) in [5.74, 6) is 2.09. The van der Waals surface area contributed by atoms with Crippen LogP contribution in [0, 0.1) is 17.8 Å². The molecular weight excluding hydrogens is 212 g/mol. The first-order chi connectivity index (χ1) is 8.33. The Hall–Kier alpha value is -0.830. The van der Waals surface area contributed by atoms with E-state index in [9.17, 15) is 4.79 Å². The predicted molar refractivity (Wildman–Crippen MR) is 67.5 cm³/mol. The van der Waals surface area contributed by atoms with E-state index in [0.29, 0.717) is 17.7 Å². The number of rotatable bonds is 1. The molecule has 3 heteroatoms. The molecule has 3 atom stereocenters. The lowest BCUT2D eigenvalue weighted by atomic mass is 9.84. The number of hydrogen-bond acceptors (Lipinski definition) is 2. The third kappa shape index (κ3) is 2.39. The second-order valence-electron chi connectivity index (χ2n) is 5.85. The van der Waals surface area contributed by atoms with Gasteiger partial charge in [0.05, 0.1) is 0 Å². The van der Waals surface area contributed by atoms with Gasteiger partial charge in [-0.25, -0.2) is 0 Å². The summed E-state index contributed by atoms with van der Waals surface area (Å²) in [4.78, 5) is 14.6. The normalized spacial score (nSPS) is 36.9. The molecule has 3 unspecified atom stereocenters. The molecule has 1 aliphatic carbocycles. The van der Waals surface area contributed by atoms with Gasteiger partial charge in [0.1, 0.15) is 0 Å². The molecule has 3 aliphatic rings. The van der Waals surface area contributed by atoms with E-state index in [1.807, 2.05) is 0 Å². The maximum absolute atomic E-state index is 12.5. The van der Waals surface area contributed by atoms with Crippen molar-refractivity contribution in [2.45, 2.75) is 25.7 Å². The quantitative estimate of drug-likeness (QED) is 0.696. The molecule has 1 amide bonds. The van der Waals surface area contributed by atoms with Crippen molar-refractivity contribution in [2.24, 2.45) is 17.8 Å². The van der Waals surface area contributed by atoms with E-state index in [2.05, 4.69) is 22.4 Å². The monoisotopic (exact) mass is 234 g/mol. The molecule has 0 radical (unpaired) electrons. The smallest absolute Gasteiger partial charge is 0.226 e. The summed E-state index contributed by atoms with van der Waals surface area (Å²) in [6.07, 6.45) is 8.80. The lowest BCUT2D eigenvalue weighted by molar-refractivity contribution is -0.139. The fraction of sp³-hybridized carbons (Fsp3) is 0.786. The minimum Gasteiger partial charge on any atom is -0.342 e.